The van der Waals surface area contributed by atoms with Crippen molar-refractivity contribution in [3.05, 3.63) is 58.8 Å². The van der Waals surface area contributed by atoms with E-state index in [1.165, 1.54) is 29.5 Å². The second kappa shape index (κ2) is 7.50. The van der Waals surface area contributed by atoms with Crippen molar-refractivity contribution in [3.8, 4) is 16.3 Å². The monoisotopic (exact) mass is 407 g/mol. The first kappa shape index (κ1) is 16.5. The second-order valence-corrected chi connectivity index (χ2v) is 6.52. The number of hydrogen-bond acceptors (Lipinski definition) is 5. The third kappa shape index (κ3) is 4.15. The molecule has 3 rings (SSSR count). The number of benzene rings is 2. The molecular weight excluding hydrogens is 397 g/mol. The lowest BCUT2D eigenvalue weighted by atomic mass is 10.2. The molecule has 0 fully saturated rings. The number of carbonyl (C=O) groups excluding carboxylic acids is 1. The van der Waals surface area contributed by atoms with Crippen LogP contribution in [0, 0.1) is 5.82 Å². The van der Waals surface area contributed by atoms with Crippen LogP contribution in [0.15, 0.2) is 53.0 Å². The molecule has 0 aliphatic rings. The van der Waals surface area contributed by atoms with E-state index >= 15 is 0 Å². The highest BCUT2D eigenvalue weighted by Gasteiger charge is 2.11. The average molecular weight is 408 g/mol. The summed E-state index contributed by atoms with van der Waals surface area (Å²) in [5.74, 6) is -0.378. The number of nitrogens with one attached hydrogen (secondary N) is 1. The van der Waals surface area contributed by atoms with Crippen LogP contribution in [-0.2, 0) is 4.79 Å². The molecule has 0 aliphatic carbocycles. The Morgan fingerprint density at radius 3 is 2.75 bits per heavy atom. The normalized spacial score (nSPS) is 10.4. The fraction of sp³-hybridized carbons (Fsp3) is 0.0625. The van der Waals surface area contributed by atoms with Crippen molar-refractivity contribution >= 4 is 38.3 Å². The average Bonchev–Trinajstić information content (AvgIpc) is 3.03. The minimum absolute atomic E-state index is 0.218. The Bertz CT molecular complexity index is 858. The van der Waals surface area contributed by atoms with Gasteiger partial charge in [-0.25, -0.2) is 4.39 Å². The van der Waals surface area contributed by atoms with Gasteiger partial charge in [0.15, 0.2) is 6.61 Å². The first-order chi connectivity index (χ1) is 11.6. The predicted molar refractivity (Wildman–Crippen MR) is 93.6 cm³/mol. The number of hydrogen-bond donors (Lipinski definition) is 1. The highest BCUT2D eigenvalue weighted by molar-refractivity contribution is 9.10. The fourth-order valence-electron chi connectivity index (χ4n) is 1.86. The lowest BCUT2D eigenvalue weighted by Gasteiger charge is -2.07. The molecule has 1 N–H and O–H groups in total. The summed E-state index contributed by atoms with van der Waals surface area (Å²) in [5, 5.41) is 11.7. The second-order valence-electron chi connectivity index (χ2n) is 4.69. The standard InChI is InChI=1S/C16H11BrFN3O2S/c17-12-8-11(18)6-7-13(12)23-9-14(22)19-16-21-20-15(24-16)10-4-2-1-3-5-10/h1-8H,9H2,(H,19,21,22). The molecule has 24 heavy (non-hydrogen) atoms. The number of aromatic nitrogens is 2. The lowest BCUT2D eigenvalue weighted by Crippen LogP contribution is -2.20. The smallest absolute Gasteiger partial charge is 0.264 e. The van der Waals surface area contributed by atoms with Crippen LogP contribution in [0.2, 0.25) is 0 Å². The fourth-order valence-corrected chi connectivity index (χ4v) is 3.09. The molecule has 0 spiro atoms. The van der Waals surface area contributed by atoms with Gasteiger partial charge in [0.05, 0.1) is 4.47 Å². The molecule has 2 aromatic carbocycles. The summed E-state index contributed by atoms with van der Waals surface area (Å²) >= 11 is 4.45. The Morgan fingerprint density at radius 1 is 1.21 bits per heavy atom. The van der Waals surface area contributed by atoms with Crippen LogP contribution in [0.4, 0.5) is 9.52 Å². The Morgan fingerprint density at radius 2 is 2.00 bits per heavy atom. The van der Waals surface area contributed by atoms with E-state index in [9.17, 15) is 9.18 Å². The van der Waals surface area contributed by atoms with Crippen molar-refractivity contribution < 1.29 is 13.9 Å². The van der Waals surface area contributed by atoms with Crippen molar-refractivity contribution in [3.63, 3.8) is 0 Å². The molecule has 0 bridgehead atoms. The van der Waals surface area contributed by atoms with E-state index in [1.54, 1.807) is 0 Å². The molecule has 1 heterocycles. The molecule has 122 valence electrons. The lowest BCUT2D eigenvalue weighted by molar-refractivity contribution is -0.118. The number of carbonyl (C=O) groups is 1. The summed E-state index contributed by atoms with van der Waals surface area (Å²) in [6.45, 7) is -0.218. The molecule has 5 nitrogen and oxygen atoms in total. The SMILES string of the molecule is O=C(COc1ccc(F)cc1Br)Nc1nnc(-c2ccccc2)s1. The molecule has 3 aromatic rings. The molecule has 0 unspecified atom stereocenters. The van der Waals surface area contributed by atoms with Crippen molar-refractivity contribution in [1.29, 1.82) is 0 Å². The van der Waals surface area contributed by atoms with Gasteiger partial charge in [0.1, 0.15) is 16.6 Å². The molecule has 0 radical (unpaired) electrons. The maximum atomic E-state index is 13.0. The van der Waals surface area contributed by atoms with E-state index in [1.807, 2.05) is 30.3 Å². The number of nitrogens with zero attached hydrogens (tertiary/aromatic N) is 2. The molecule has 1 amide bonds. The minimum Gasteiger partial charge on any atom is -0.483 e. The van der Waals surface area contributed by atoms with Crippen LogP contribution in [0.25, 0.3) is 10.6 Å². The molecule has 0 atom stereocenters. The number of anilines is 1. The van der Waals surface area contributed by atoms with E-state index in [2.05, 4.69) is 31.4 Å². The summed E-state index contributed by atoms with van der Waals surface area (Å²) in [6, 6.07) is 13.5. The van der Waals surface area contributed by atoms with Gasteiger partial charge in [-0.1, -0.05) is 41.7 Å². The van der Waals surface area contributed by atoms with Crippen molar-refractivity contribution in [2.24, 2.45) is 0 Å². The number of halogens is 2. The molecule has 8 heteroatoms. The molecule has 0 aliphatic heterocycles. The predicted octanol–water partition coefficient (Wildman–Crippen LogP) is 4.12. The molecule has 0 saturated heterocycles. The maximum Gasteiger partial charge on any atom is 0.264 e. The van der Waals surface area contributed by atoms with E-state index < -0.39 is 0 Å². The van der Waals surface area contributed by atoms with Crippen molar-refractivity contribution in [2.75, 3.05) is 11.9 Å². The Kier molecular flexibility index (Phi) is 5.17. The largest absolute Gasteiger partial charge is 0.483 e. The van der Waals surface area contributed by atoms with Crippen molar-refractivity contribution in [2.45, 2.75) is 0 Å². The first-order valence-corrected chi connectivity index (χ1v) is 8.49. The van der Waals surface area contributed by atoms with E-state index in [-0.39, 0.29) is 18.3 Å². The topological polar surface area (TPSA) is 64.1 Å². The zero-order valence-corrected chi connectivity index (χ0v) is 14.6. The van der Waals surface area contributed by atoms with Gasteiger partial charge in [-0.2, -0.15) is 0 Å². The maximum absolute atomic E-state index is 13.0. The van der Waals surface area contributed by atoms with Crippen LogP contribution in [0.5, 0.6) is 5.75 Å². The molecular formula is C16H11BrFN3O2S. The van der Waals surface area contributed by atoms with Crippen LogP contribution < -0.4 is 10.1 Å². The molecule has 1 aromatic heterocycles. The van der Waals surface area contributed by atoms with Gasteiger partial charge >= 0.3 is 0 Å². The van der Waals surface area contributed by atoms with Gasteiger partial charge < -0.3 is 4.74 Å². The summed E-state index contributed by atoms with van der Waals surface area (Å²) < 4.78 is 18.8. The zero-order chi connectivity index (χ0) is 16.9. The Labute approximate surface area is 149 Å². The van der Waals surface area contributed by atoms with Crippen LogP contribution in [0.3, 0.4) is 0 Å². The third-order valence-electron chi connectivity index (χ3n) is 2.94. The highest BCUT2D eigenvalue weighted by atomic mass is 79.9. The zero-order valence-electron chi connectivity index (χ0n) is 12.2. The van der Waals surface area contributed by atoms with E-state index in [4.69, 9.17) is 4.74 Å². The van der Waals surface area contributed by atoms with E-state index in [0.717, 1.165) is 5.56 Å². The van der Waals surface area contributed by atoms with Gasteiger partial charge in [-0.3, -0.25) is 10.1 Å². The number of amides is 1. The quantitative estimate of drug-likeness (QED) is 0.690. The van der Waals surface area contributed by atoms with Gasteiger partial charge in [0, 0.05) is 5.56 Å². The molecule has 0 saturated carbocycles. The Balaban J connectivity index is 1.58. The highest BCUT2D eigenvalue weighted by Crippen LogP contribution is 2.27. The van der Waals surface area contributed by atoms with Crippen LogP contribution >= 0.6 is 27.3 Å². The van der Waals surface area contributed by atoms with Gasteiger partial charge in [0.25, 0.3) is 5.91 Å². The number of rotatable bonds is 5. The van der Waals surface area contributed by atoms with E-state index in [0.29, 0.717) is 20.4 Å². The van der Waals surface area contributed by atoms with Crippen LogP contribution in [-0.4, -0.2) is 22.7 Å². The number of ether oxygens (including phenoxy) is 1. The Hall–Kier alpha value is -2.32. The summed E-state index contributed by atoms with van der Waals surface area (Å²) in [6.07, 6.45) is 0. The minimum atomic E-state index is -0.388. The summed E-state index contributed by atoms with van der Waals surface area (Å²) in [7, 11) is 0. The van der Waals surface area contributed by atoms with Gasteiger partial charge in [0.2, 0.25) is 5.13 Å². The summed E-state index contributed by atoms with van der Waals surface area (Å²) in [5.41, 5.74) is 0.932. The van der Waals surface area contributed by atoms with Gasteiger partial charge in [-0.15, -0.1) is 10.2 Å². The first-order valence-electron chi connectivity index (χ1n) is 6.88. The van der Waals surface area contributed by atoms with Crippen LogP contribution in [0.1, 0.15) is 0 Å². The van der Waals surface area contributed by atoms with Gasteiger partial charge in [-0.05, 0) is 34.1 Å². The summed E-state index contributed by atoms with van der Waals surface area (Å²) in [4.78, 5) is 11.9. The third-order valence-corrected chi connectivity index (χ3v) is 4.45. The van der Waals surface area contributed by atoms with Crippen molar-refractivity contribution in [1.82, 2.24) is 10.2 Å².